The van der Waals surface area contributed by atoms with Gasteiger partial charge < -0.3 is 4.74 Å². The van der Waals surface area contributed by atoms with Crippen molar-refractivity contribution in [3.63, 3.8) is 0 Å². The molecule has 88 valence electrons. The quantitative estimate of drug-likeness (QED) is 0.834. The van der Waals surface area contributed by atoms with E-state index in [1.807, 2.05) is 0 Å². The number of halogens is 2. The van der Waals surface area contributed by atoms with Gasteiger partial charge in [0.2, 0.25) is 10.0 Å². The standard InChI is InChI=1S/C8H7BrClNO4S/c1-15-8(12)5-2-4(9)3-6(7(5)10)16(11,13)14/h2-3H,1H3,(H2,11,13,14). The molecule has 0 saturated heterocycles. The molecule has 0 fully saturated rings. The van der Waals surface area contributed by atoms with E-state index in [9.17, 15) is 13.2 Å². The van der Waals surface area contributed by atoms with Crippen molar-refractivity contribution < 1.29 is 17.9 Å². The van der Waals surface area contributed by atoms with E-state index in [2.05, 4.69) is 20.7 Å². The summed E-state index contributed by atoms with van der Waals surface area (Å²) < 4.78 is 27.2. The average Bonchev–Trinajstić information content (AvgIpc) is 2.18. The molecule has 0 radical (unpaired) electrons. The number of hydrogen-bond donors (Lipinski definition) is 1. The number of nitrogens with two attached hydrogens (primary N) is 1. The molecular formula is C8H7BrClNO4S. The third-order valence-electron chi connectivity index (χ3n) is 1.72. The summed E-state index contributed by atoms with van der Waals surface area (Å²) >= 11 is 8.81. The second-order valence-electron chi connectivity index (χ2n) is 2.80. The summed E-state index contributed by atoms with van der Waals surface area (Å²) in [5, 5.41) is 4.70. The Hall–Kier alpha value is -0.630. The Bertz CT molecular complexity index is 543. The highest BCUT2D eigenvalue weighted by Crippen LogP contribution is 2.29. The summed E-state index contributed by atoms with van der Waals surface area (Å²) in [7, 11) is -2.83. The molecule has 1 aromatic rings. The van der Waals surface area contributed by atoms with Crippen LogP contribution >= 0.6 is 27.5 Å². The number of primary sulfonamides is 1. The molecule has 0 unspecified atom stereocenters. The van der Waals surface area contributed by atoms with Gasteiger partial charge in [-0.1, -0.05) is 27.5 Å². The van der Waals surface area contributed by atoms with E-state index in [1.54, 1.807) is 0 Å². The third-order valence-corrected chi connectivity index (χ3v) is 3.63. The lowest BCUT2D eigenvalue weighted by atomic mass is 10.2. The minimum atomic E-state index is -3.99. The maximum Gasteiger partial charge on any atom is 0.339 e. The molecule has 1 rings (SSSR count). The largest absolute Gasteiger partial charge is 0.465 e. The Labute approximate surface area is 106 Å². The number of hydrogen-bond acceptors (Lipinski definition) is 4. The van der Waals surface area contributed by atoms with Gasteiger partial charge in [-0.2, -0.15) is 0 Å². The molecule has 0 atom stereocenters. The minimum Gasteiger partial charge on any atom is -0.465 e. The fraction of sp³-hybridized carbons (Fsp3) is 0.125. The van der Waals surface area contributed by atoms with Gasteiger partial charge in [0.15, 0.2) is 0 Å². The monoisotopic (exact) mass is 327 g/mol. The van der Waals surface area contributed by atoms with Gasteiger partial charge in [0, 0.05) is 4.47 Å². The second kappa shape index (κ2) is 4.70. The minimum absolute atomic E-state index is 0.0671. The van der Waals surface area contributed by atoms with Gasteiger partial charge in [-0.25, -0.2) is 18.4 Å². The predicted molar refractivity (Wildman–Crippen MR) is 61.9 cm³/mol. The Balaban J connectivity index is 3.56. The maximum absolute atomic E-state index is 11.3. The van der Waals surface area contributed by atoms with Crippen LogP contribution in [0.4, 0.5) is 0 Å². The molecule has 0 aliphatic carbocycles. The molecule has 0 amide bonds. The number of esters is 1. The Morgan fingerprint density at radius 2 is 2.06 bits per heavy atom. The number of carbonyl (C=O) groups is 1. The molecule has 0 heterocycles. The number of rotatable bonds is 2. The SMILES string of the molecule is COC(=O)c1cc(Br)cc(S(N)(=O)=O)c1Cl. The smallest absolute Gasteiger partial charge is 0.339 e. The van der Waals surface area contributed by atoms with Crippen molar-refractivity contribution in [2.45, 2.75) is 4.90 Å². The van der Waals surface area contributed by atoms with Crippen LogP contribution < -0.4 is 5.14 Å². The van der Waals surface area contributed by atoms with Crippen LogP contribution in [-0.2, 0) is 14.8 Å². The summed E-state index contributed by atoms with van der Waals surface area (Å²) in [6.45, 7) is 0. The Kier molecular flexibility index (Phi) is 3.95. The van der Waals surface area contributed by atoms with Crippen molar-refractivity contribution >= 4 is 43.5 Å². The first-order chi connectivity index (χ1) is 7.27. The average molecular weight is 329 g/mol. The fourth-order valence-corrected chi connectivity index (χ4v) is 2.80. The summed E-state index contributed by atoms with van der Waals surface area (Å²) in [5.74, 6) is -0.740. The topological polar surface area (TPSA) is 86.5 Å². The van der Waals surface area contributed by atoms with E-state index in [0.29, 0.717) is 4.47 Å². The van der Waals surface area contributed by atoms with Crippen LogP contribution in [0.25, 0.3) is 0 Å². The summed E-state index contributed by atoms with van der Waals surface area (Å²) in [5.41, 5.74) is -0.0671. The van der Waals surface area contributed by atoms with Gasteiger partial charge in [-0.3, -0.25) is 0 Å². The molecule has 8 heteroatoms. The number of methoxy groups -OCH3 is 1. The molecular weight excluding hydrogens is 322 g/mol. The number of carbonyl (C=O) groups excluding carboxylic acids is 1. The van der Waals surface area contributed by atoms with Gasteiger partial charge in [0.1, 0.15) is 4.90 Å². The van der Waals surface area contributed by atoms with Crippen LogP contribution in [0.15, 0.2) is 21.5 Å². The van der Waals surface area contributed by atoms with Crippen LogP contribution in [0.5, 0.6) is 0 Å². The molecule has 16 heavy (non-hydrogen) atoms. The van der Waals surface area contributed by atoms with E-state index in [-0.39, 0.29) is 15.5 Å². The van der Waals surface area contributed by atoms with Crippen molar-refractivity contribution in [1.29, 1.82) is 0 Å². The second-order valence-corrected chi connectivity index (χ2v) is 5.63. The van der Waals surface area contributed by atoms with Crippen molar-refractivity contribution in [3.05, 3.63) is 27.2 Å². The molecule has 0 bridgehead atoms. The molecule has 0 saturated carbocycles. The normalized spacial score (nSPS) is 11.2. The first-order valence-electron chi connectivity index (χ1n) is 3.87. The predicted octanol–water partition coefficient (Wildman–Crippen LogP) is 1.54. The van der Waals surface area contributed by atoms with E-state index in [0.717, 1.165) is 7.11 Å². The van der Waals surface area contributed by atoms with Crippen LogP contribution in [-0.4, -0.2) is 21.5 Å². The Morgan fingerprint density at radius 3 is 2.50 bits per heavy atom. The molecule has 0 spiro atoms. The van der Waals surface area contributed by atoms with Crippen molar-refractivity contribution in [1.82, 2.24) is 0 Å². The van der Waals surface area contributed by atoms with Crippen LogP contribution in [0.2, 0.25) is 5.02 Å². The van der Waals surface area contributed by atoms with E-state index in [1.165, 1.54) is 12.1 Å². The maximum atomic E-state index is 11.3. The molecule has 0 aliphatic rings. The number of sulfonamides is 1. The zero-order chi connectivity index (χ0) is 12.5. The number of ether oxygens (including phenoxy) is 1. The molecule has 0 aromatic heterocycles. The van der Waals surface area contributed by atoms with Gasteiger partial charge >= 0.3 is 5.97 Å². The zero-order valence-electron chi connectivity index (χ0n) is 8.03. The highest BCUT2D eigenvalue weighted by atomic mass is 79.9. The lowest BCUT2D eigenvalue weighted by Gasteiger charge is -2.07. The van der Waals surface area contributed by atoms with E-state index >= 15 is 0 Å². The van der Waals surface area contributed by atoms with Crippen molar-refractivity contribution in [3.8, 4) is 0 Å². The molecule has 1 aromatic carbocycles. The molecule has 2 N–H and O–H groups in total. The van der Waals surface area contributed by atoms with Crippen LogP contribution in [0, 0.1) is 0 Å². The highest BCUT2D eigenvalue weighted by Gasteiger charge is 2.21. The van der Waals surface area contributed by atoms with E-state index in [4.69, 9.17) is 16.7 Å². The Morgan fingerprint density at radius 1 is 1.50 bits per heavy atom. The third kappa shape index (κ3) is 2.73. The van der Waals surface area contributed by atoms with Gasteiger partial charge in [0.25, 0.3) is 0 Å². The van der Waals surface area contributed by atoms with Crippen molar-refractivity contribution in [2.24, 2.45) is 5.14 Å². The summed E-state index contributed by atoms with van der Waals surface area (Å²) in [6.07, 6.45) is 0. The highest BCUT2D eigenvalue weighted by molar-refractivity contribution is 9.10. The molecule has 5 nitrogen and oxygen atoms in total. The summed E-state index contributed by atoms with van der Waals surface area (Å²) in [4.78, 5) is 11.0. The lowest BCUT2D eigenvalue weighted by molar-refractivity contribution is 0.0600. The summed E-state index contributed by atoms with van der Waals surface area (Å²) in [6, 6.07) is 2.56. The van der Waals surface area contributed by atoms with E-state index < -0.39 is 16.0 Å². The van der Waals surface area contributed by atoms with Crippen LogP contribution in [0.3, 0.4) is 0 Å². The fourth-order valence-electron chi connectivity index (χ4n) is 1.03. The van der Waals surface area contributed by atoms with Gasteiger partial charge in [-0.05, 0) is 12.1 Å². The lowest BCUT2D eigenvalue weighted by Crippen LogP contribution is -2.14. The zero-order valence-corrected chi connectivity index (χ0v) is 11.2. The van der Waals surface area contributed by atoms with Gasteiger partial charge in [-0.15, -0.1) is 0 Å². The van der Waals surface area contributed by atoms with Crippen LogP contribution in [0.1, 0.15) is 10.4 Å². The first-order valence-corrected chi connectivity index (χ1v) is 6.59. The number of benzene rings is 1. The van der Waals surface area contributed by atoms with Gasteiger partial charge in [0.05, 0.1) is 17.7 Å². The molecule has 0 aliphatic heterocycles. The first kappa shape index (κ1) is 13.4. The van der Waals surface area contributed by atoms with Crippen molar-refractivity contribution in [2.75, 3.05) is 7.11 Å².